The quantitative estimate of drug-likeness (QED) is 0.250. The van der Waals surface area contributed by atoms with Crippen LogP contribution in [0.15, 0.2) is 18.2 Å². The minimum absolute atomic E-state index is 0.135. The van der Waals surface area contributed by atoms with E-state index in [1.165, 1.54) is 5.01 Å². The van der Waals surface area contributed by atoms with Crippen LogP contribution in [0, 0.1) is 12.3 Å². The van der Waals surface area contributed by atoms with Gasteiger partial charge in [0.25, 0.3) is 0 Å². The van der Waals surface area contributed by atoms with Crippen LogP contribution in [0.1, 0.15) is 18.1 Å². The molecule has 5 nitrogen and oxygen atoms in total. The second-order valence-electron chi connectivity index (χ2n) is 3.95. The highest BCUT2D eigenvalue weighted by Gasteiger charge is 2.07. The first-order chi connectivity index (χ1) is 8.47. The summed E-state index contributed by atoms with van der Waals surface area (Å²) in [5.41, 5.74) is 9.32. The van der Waals surface area contributed by atoms with E-state index in [1.54, 1.807) is 13.1 Å². The smallest absolute Gasteiger partial charge is 0.205 e. The molecule has 0 saturated heterocycles. The van der Waals surface area contributed by atoms with Crippen molar-refractivity contribution in [2.24, 2.45) is 5.84 Å². The van der Waals surface area contributed by atoms with Gasteiger partial charge >= 0.3 is 0 Å². The van der Waals surface area contributed by atoms with Gasteiger partial charge in [-0.2, -0.15) is 0 Å². The molecule has 1 aromatic carbocycles. The lowest BCUT2D eigenvalue weighted by molar-refractivity contribution is 0.327. The number of nitrogens with two attached hydrogens (primary N) is 2. The summed E-state index contributed by atoms with van der Waals surface area (Å²) in [5, 5.41) is 8.99. The number of hydrazine groups is 1. The van der Waals surface area contributed by atoms with Gasteiger partial charge in [-0.25, -0.2) is 5.84 Å². The summed E-state index contributed by atoms with van der Waals surface area (Å²) in [6, 6.07) is 3.77. The Morgan fingerprint density at radius 2 is 2.17 bits per heavy atom. The molecule has 0 atom stereocenters. The van der Waals surface area contributed by atoms with E-state index < -0.39 is 0 Å². The summed E-state index contributed by atoms with van der Waals surface area (Å²) in [6.07, 6.45) is 3.42. The molecule has 0 aliphatic rings. The lowest BCUT2D eigenvalue weighted by Gasteiger charge is -2.17. The summed E-state index contributed by atoms with van der Waals surface area (Å²) < 4.78 is 5.03. The Bertz CT molecular complexity index is 466. The van der Waals surface area contributed by atoms with Gasteiger partial charge in [-0.15, -0.1) is 0 Å². The van der Waals surface area contributed by atoms with E-state index in [-0.39, 0.29) is 5.90 Å². The summed E-state index contributed by atoms with van der Waals surface area (Å²) in [6.45, 7) is 4.25. The van der Waals surface area contributed by atoms with E-state index in [0.29, 0.717) is 12.3 Å². The number of ether oxygens (including phenoxy) is 1. The average molecular weight is 248 g/mol. The molecule has 5 heteroatoms. The average Bonchev–Trinajstić information content (AvgIpc) is 2.31. The first kappa shape index (κ1) is 14.1. The van der Waals surface area contributed by atoms with Gasteiger partial charge in [0.05, 0.1) is 18.0 Å². The predicted molar refractivity (Wildman–Crippen MR) is 76.6 cm³/mol. The van der Waals surface area contributed by atoms with Gasteiger partial charge < -0.3 is 15.5 Å². The maximum Gasteiger partial charge on any atom is 0.205 e. The second-order valence-corrected chi connectivity index (χ2v) is 3.95. The van der Waals surface area contributed by atoms with Crippen molar-refractivity contribution in [3.63, 3.8) is 0 Å². The molecule has 0 saturated carbocycles. The summed E-state index contributed by atoms with van der Waals surface area (Å²) in [4.78, 5) is 0. The Morgan fingerprint density at radius 1 is 1.50 bits per heavy atom. The molecular formula is C13H20N4O. The largest absolute Gasteiger partial charge is 0.478 e. The lowest BCUT2D eigenvalue weighted by atomic mass is 10.0. The van der Waals surface area contributed by atoms with Crippen molar-refractivity contribution in [2.45, 2.75) is 13.8 Å². The molecule has 0 heterocycles. The molecule has 0 radical (unpaired) electrons. The fraction of sp³-hybridized carbons (Fsp3) is 0.308. The number of nitrogen functional groups attached to an aromatic ring is 1. The minimum atomic E-state index is 0.135. The Balaban J connectivity index is 2.99. The predicted octanol–water partition coefficient (Wildman–Crippen LogP) is 1.91. The Kier molecular flexibility index (Phi) is 4.74. The van der Waals surface area contributed by atoms with Crippen LogP contribution in [0.4, 0.5) is 11.4 Å². The zero-order valence-corrected chi connectivity index (χ0v) is 11.0. The van der Waals surface area contributed by atoms with Gasteiger partial charge in [-0.3, -0.25) is 5.41 Å². The van der Waals surface area contributed by atoms with Crippen molar-refractivity contribution in [1.82, 2.24) is 0 Å². The third-order valence-electron chi connectivity index (χ3n) is 2.63. The van der Waals surface area contributed by atoms with Gasteiger partial charge in [0.2, 0.25) is 5.90 Å². The van der Waals surface area contributed by atoms with Crippen LogP contribution in [-0.2, 0) is 4.74 Å². The molecular weight excluding hydrogens is 228 g/mol. The van der Waals surface area contributed by atoms with Crippen molar-refractivity contribution in [3.05, 3.63) is 29.3 Å². The molecule has 98 valence electrons. The SMILES string of the molecule is CCOC(=N)C=Cc1ccc(N(C)N)c(N)c1C. The first-order valence-electron chi connectivity index (χ1n) is 5.74. The number of anilines is 2. The highest BCUT2D eigenvalue weighted by atomic mass is 16.5. The molecule has 1 aromatic rings. The molecule has 0 spiro atoms. The standard InChI is InChI=1S/C13H20N4O/c1-4-18-12(14)8-6-10-5-7-11(17(3)16)13(15)9(10)2/h5-8,14H,4,15-16H2,1-3H3. The number of hydrogen-bond acceptors (Lipinski definition) is 5. The Morgan fingerprint density at radius 3 is 2.72 bits per heavy atom. The summed E-state index contributed by atoms with van der Waals surface area (Å²) in [7, 11) is 1.74. The summed E-state index contributed by atoms with van der Waals surface area (Å²) in [5.74, 6) is 5.81. The molecule has 18 heavy (non-hydrogen) atoms. The zero-order chi connectivity index (χ0) is 13.7. The van der Waals surface area contributed by atoms with Crippen molar-refractivity contribution >= 4 is 23.3 Å². The number of benzene rings is 1. The van der Waals surface area contributed by atoms with Crippen LogP contribution >= 0.6 is 0 Å². The molecule has 0 aliphatic heterocycles. The molecule has 1 rings (SSSR count). The van der Waals surface area contributed by atoms with E-state index in [1.807, 2.05) is 32.1 Å². The molecule has 0 unspecified atom stereocenters. The van der Waals surface area contributed by atoms with Crippen molar-refractivity contribution in [3.8, 4) is 0 Å². The fourth-order valence-corrected chi connectivity index (χ4v) is 1.59. The molecule has 5 N–H and O–H groups in total. The summed E-state index contributed by atoms with van der Waals surface area (Å²) >= 11 is 0. The topological polar surface area (TPSA) is 88.4 Å². The number of rotatable bonds is 4. The lowest BCUT2D eigenvalue weighted by Crippen LogP contribution is -2.26. The van der Waals surface area contributed by atoms with Gasteiger partial charge in [0, 0.05) is 13.1 Å². The highest BCUT2D eigenvalue weighted by Crippen LogP contribution is 2.27. The third-order valence-corrected chi connectivity index (χ3v) is 2.63. The number of hydrogen-bond donors (Lipinski definition) is 3. The maximum absolute atomic E-state index is 7.50. The molecule has 0 aliphatic carbocycles. The van der Waals surface area contributed by atoms with Crippen LogP contribution in [0.3, 0.4) is 0 Å². The minimum Gasteiger partial charge on any atom is -0.478 e. The third kappa shape index (κ3) is 3.24. The van der Waals surface area contributed by atoms with Crippen LogP contribution in [-0.4, -0.2) is 19.6 Å². The second kappa shape index (κ2) is 6.07. The molecule has 0 aromatic heterocycles. The van der Waals surface area contributed by atoms with E-state index in [4.69, 9.17) is 21.7 Å². The van der Waals surface area contributed by atoms with Crippen molar-refractivity contribution in [2.75, 3.05) is 24.4 Å². The van der Waals surface area contributed by atoms with Crippen LogP contribution in [0.5, 0.6) is 0 Å². The fourth-order valence-electron chi connectivity index (χ4n) is 1.59. The van der Waals surface area contributed by atoms with Crippen LogP contribution < -0.4 is 16.6 Å². The number of nitrogens with one attached hydrogen (secondary N) is 1. The van der Waals surface area contributed by atoms with Gasteiger partial charge in [-0.1, -0.05) is 6.07 Å². The van der Waals surface area contributed by atoms with Gasteiger partial charge in [-0.05, 0) is 37.1 Å². The van der Waals surface area contributed by atoms with E-state index in [0.717, 1.165) is 16.8 Å². The van der Waals surface area contributed by atoms with Crippen molar-refractivity contribution in [1.29, 1.82) is 5.41 Å². The Hall–Kier alpha value is -2.01. The normalized spacial score (nSPS) is 10.7. The maximum atomic E-state index is 7.50. The Labute approximate surface area is 108 Å². The number of nitrogens with zero attached hydrogens (tertiary/aromatic N) is 1. The van der Waals surface area contributed by atoms with Crippen LogP contribution in [0.2, 0.25) is 0 Å². The molecule has 0 fully saturated rings. The van der Waals surface area contributed by atoms with Crippen LogP contribution in [0.25, 0.3) is 6.08 Å². The van der Waals surface area contributed by atoms with E-state index in [9.17, 15) is 0 Å². The van der Waals surface area contributed by atoms with E-state index >= 15 is 0 Å². The highest BCUT2D eigenvalue weighted by molar-refractivity contribution is 5.90. The van der Waals surface area contributed by atoms with Gasteiger partial charge in [0.1, 0.15) is 0 Å². The molecule has 0 bridgehead atoms. The first-order valence-corrected chi connectivity index (χ1v) is 5.74. The van der Waals surface area contributed by atoms with E-state index in [2.05, 4.69) is 0 Å². The zero-order valence-electron chi connectivity index (χ0n) is 11.0. The van der Waals surface area contributed by atoms with Crippen molar-refractivity contribution < 1.29 is 4.74 Å². The monoisotopic (exact) mass is 248 g/mol. The molecule has 0 amide bonds. The van der Waals surface area contributed by atoms with Gasteiger partial charge in [0.15, 0.2) is 0 Å².